The molecule has 1 aromatic heterocycles. The van der Waals surface area contributed by atoms with Gasteiger partial charge in [0.15, 0.2) is 4.32 Å². The number of thioether (sulfide) groups is 1. The Hall–Kier alpha value is -2.43. The molecule has 1 saturated heterocycles. The van der Waals surface area contributed by atoms with Gasteiger partial charge in [-0.2, -0.15) is 0 Å². The second-order valence-electron chi connectivity index (χ2n) is 6.77. The van der Waals surface area contributed by atoms with Gasteiger partial charge in [-0.1, -0.05) is 82.1 Å². The van der Waals surface area contributed by atoms with Crippen molar-refractivity contribution in [3.05, 3.63) is 75.5 Å². The zero-order valence-electron chi connectivity index (χ0n) is 16.8. The van der Waals surface area contributed by atoms with Crippen LogP contribution >= 0.6 is 47.2 Å². The van der Waals surface area contributed by atoms with E-state index in [1.807, 2.05) is 37.4 Å². The van der Waals surface area contributed by atoms with Gasteiger partial charge in [0.2, 0.25) is 0 Å². The molecule has 3 aromatic rings. The van der Waals surface area contributed by atoms with Crippen molar-refractivity contribution in [1.29, 1.82) is 0 Å². The summed E-state index contributed by atoms with van der Waals surface area (Å²) in [6, 6.07) is 14.3. The lowest BCUT2D eigenvalue weighted by molar-refractivity contribution is 0.0514. The summed E-state index contributed by atoms with van der Waals surface area (Å²) in [5.41, 5.74) is 4.84. The van der Waals surface area contributed by atoms with Crippen LogP contribution in [0.15, 0.2) is 58.2 Å². The summed E-state index contributed by atoms with van der Waals surface area (Å²) in [6.07, 6.45) is 0. The lowest BCUT2D eigenvalue weighted by Crippen LogP contribution is -2.47. The molecule has 0 bridgehead atoms. The number of hydrogen-bond acceptors (Lipinski definition) is 8. The molecule has 11 heteroatoms. The fourth-order valence-electron chi connectivity index (χ4n) is 3.09. The van der Waals surface area contributed by atoms with E-state index < -0.39 is 5.97 Å². The van der Waals surface area contributed by atoms with Gasteiger partial charge in [-0.25, -0.2) is 10.2 Å². The molecular formula is C21H16Cl2N4O3S2. The average Bonchev–Trinajstić information content (AvgIpc) is 3.15. The third-order valence-electron chi connectivity index (χ3n) is 4.65. The fraction of sp³-hybridized carbons (Fsp3) is 0.143. The van der Waals surface area contributed by atoms with Crippen LogP contribution < -0.4 is 5.43 Å². The Morgan fingerprint density at radius 2 is 1.91 bits per heavy atom. The molecule has 0 unspecified atom stereocenters. The average molecular weight is 507 g/mol. The van der Waals surface area contributed by atoms with Gasteiger partial charge in [0.25, 0.3) is 0 Å². The molecule has 4 rings (SSSR count). The normalized spacial score (nSPS) is 17.6. The highest BCUT2D eigenvalue weighted by Gasteiger charge is 2.31. The van der Waals surface area contributed by atoms with Gasteiger partial charge < -0.3 is 9.36 Å². The Balaban J connectivity index is 1.66. The Bertz CT molecular complexity index is 1200. The summed E-state index contributed by atoms with van der Waals surface area (Å²) in [7, 11) is 1.81. The largest absolute Gasteiger partial charge is 0.371 e. The zero-order valence-corrected chi connectivity index (χ0v) is 20.0. The van der Waals surface area contributed by atoms with Gasteiger partial charge >= 0.3 is 5.97 Å². The molecule has 7 nitrogen and oxygen atoms in total. The summed E-state index contributed by atoms with van der Waals surface area (Å²) >= 11 is 19.2. The molecule has 1 N–H and O–H groups in total. The minimum atomic E-state index is -0.750. The van der Waals surface area contributed by atoms with Crippen molar-refractivity contribution in [1.82, 2.24) is 15.6 Å². The van der Waals surface area contributed by atoms with Crippen LogP contribution in [0.5, 0.6) is 0 Å². The van der Waals surface area contributed by atoms with Crippen molar-refractivity contribution in [2.45, 2.75) is 13.0 Å². The number of halogens is 2. The van der Waals surface area contributed by atoms with E-state index in [-0.39, 0.29) is 23.1 Å². The van der Waals surface area contributed by atoms with Crippen LogP contribution in [-0.2, 0) is 4.84 Å². The molecule has 1 fully saturated rings. The smallest absolute Gasteiger partial charge is 0.360 e. The van der Waals surface area contributed by atoms with Gasteiger partial charge in [0, 0.05) is 12.6 Å². The number of oxime groups is 1. The highest BCUT2D eigenvalue weighted by atomic mass is 35.5. The summed E-state index contributed by atoms with van der Waals surface area (Å²) < 4.78 is 5.77. The van der Waals surface area contributed by atoms with Crippen LogP contribution in [0.1, 0.15) is 27.7 Å². The van der Waals surface area contributed by atoms with Crippen molar-refractivity contribution in [3.8, 4) is 11.3 Å². The van der Waals surface area contributed by atoms with Crippen LogP contribution in [0, 0.1) is 6.92 Å². The summed E-state index contributed by atoms with van der Waals surface area (Å²) in [4.78, 5) is 18.3. The summed E-state index contributed by atoms with van der Waals surface area (Å²) in [5, 5.41) is 11.0. The second-order valence-corrected chi connectivity index (χ2v) is 9.24. The molecule has 164 valence electrons. The first-order chi connectivity index (χ1) is 15.4. The van der Waals surface area contributed by atoms with Crippen LogP contribution in [-0.4, -0.2) is 32.5 Å². The van der Waals surface area contributed by atoms with Gasteiger partial charge in [-0.15, -0.1) is 0 Å². The lowest BCUT2D eigenvalue weighted by atomic mass is 10.1. The number of thiocarbonyl (C=S) groups is 1. The van der Waals surface area contributed by atoms with E-state index >= 15 is 0 Å². The maximum atomic E-state index is 13.0. The number of rotatable bonds is 4. The van der Waals surface area contributed by atoms with Crippen molar-refractivity contribution in [2.24, 2.45) is 5.16 Å². The third kappa shape index (κ3) is 4.53. The van der Waals surface area contributed by atoms with Crippen molar-refractivity contribution < 1.29 is 14.2 Å². The molecule has 0 amide bonds. The molecule has 0 aliphatic carbocycles. The van der Waals surface area contributed by atoms with E-state index in [4.69, 9.17) is 44.8 Å². The molecule has 1 aliphatic heterocycles. The van der Waals surface area contributed by atoms with Crippen LogP contribution in [0.25, 0.3) is 11.3 Å². The van der Waals surface area contributed by atoms with Gasteiger partial charge in [0.1, 0.15) is 28.1 Å². The monoisotopic (exact) mass is 506 g/mol. The number of nitrogens with zero attached hydrogens (tertiary/aromatic N) is 3. The first kappa shape index (κ1) is 22.8. The molecule has 2 heterocycles. The quantitative estimate of drug-likeness (QED) is 0.276. The van der Waals surface area contributed by atoms with Crippen molar-refractivity contribution in [3.63, 3.8) is 0 Å². The Morgan fingerprint density at radius 3 is 2.59 bits per heavy atom. The number of carbonyl (C=O) groups is 1. The number of benzene rings is 2. The molecule has 2 aromatic carbocycles. The van der Waals surface area contributed by atoms with E-state index in [9.17, 15) is 4.79 Å². The van der Waals surface area contributed by atoms with E-state index in [1.54, 1.807) is 30.1 Å². The van der Waals surface area contributed by atoms with Gasteiger partial charge in [-0.3, -0.25) is 5.01 Å². The number of carbonyl (C=O) groups excluding carboxylic acids is 1. The van der Waals surface area contributed by atoms with Gasteiger partial charge in [0.05, 0.1) is 10.0 Å². The maximum absolute atomic E-state index is 13.0. The predicted octanol–water partition coefficient (Wildman–Crippen LogP) is 5.64. The minimum absolute atomic E-state index is 0.0917. The first-order valence-electron chi connectivity index (χ1n) is 9.33. The molecule has 0 radical (unpaired) electrons. The molecule has 0 spiro atoms. The first-order valence-corrected chi connectivity index (χ1v) is 11.3. The van der Waals surface area contributed by atoms with E-state index in [0.717, 1.165) is 5.56 Å². The highest BCUT2D eigenvalue weighted by molar-refractivity contribution is 8.33. The molecule has 0 saturated carbocycles. The summed E-state index contributed by atoms with van der Waals surface area (Å²) in [5.74, 6) is -0.495. The Labute approximate surface area is 203 Å². The fourth-order valence-corrected chi connectivity index (χ4v) is 4.73. The summed E-state index contributed by atoms with van der Waals surface area (Å²) in [6.45, 7) is 1.60. The third-order valence-corrected chi connectivity index (χ3v) is 6.77. The van der Waals surface area contributed by atoms with Crippen molar-refractivity contribution in [2.75, 3.05) is 7.05 Å². The SMILES string of the molecule is Cc1onc(-c2c(Cl)cccc2Cl)c1C(=O)O/N=C1\SC(=S)N(C)N[C@H]1c1ccccc1. The van der Waals surface area contributed by atoms with Crippen molar-refractivity contribution >= 4 is 62.5 Å². The van der Waals surface area contributed by atoms with Crippen LogP contribution in [0.3, 0.4) is 0 Å². The molecule has 1 aliphatic rings. The predicted molar refractivity (Wildman–Crippen MR) is 130 cm³/mol. The zero-order chi connectivity index (χ0) is 22.8. The number of nitrogens with one attached hydrogen (secondary N) is 1. The number of hydrogen-bond donors (Lipinski definition) is 1. The second kappa shape index (κ2) is 9.60. The Kier molecular flexibility index (Phi) is 6.82. The van der Waals surface area contributed by atoms with E-state index in [0.29, 0.717) is 25.0 Å². The van der Waals surface area contributed by atoms with E-state index in [1.165, 1.54) is 11.8 Å². The topological polar surface area (TPSA) is 80.0 Å². The van der Waals surface area contributed by atoms with Crippen LogP contribution in [0.4, 0.5) is 0 Å². The van der Waals surface area contributed by atoms with Gasteiger partial charge in [-0.05, 0) is 36.4 Å². The number of aryl methyl sites for hydroxylation is 1. The lowest BCUT2D eigenvalue weighted by Gasteiger charge is -2.33. The minimum Gasteiger partial charge on any atom is -0.360 e. The standard InChI is InChI=1S/C21H16Cl2N4O3S2/c1-11-15(18(25-29-11)16-13(22)9-6-10-14(16)23)20(28)30-26-19-17(12-7-4-3-5-8-12)24-27(2)21(31)32-19/h3-10,17,24H,1-2H3/b26-19-/t17-/m0/s1. The maximum Gasteiger partial charge on any atom is 0.371 e. The molecule has 32 heavy (non-hydrogen) atoms. The number of aromatic nitrogens is 1. The highest BCUT2D eigenvalue weighted by Crippen LogP contribution is 2.37. The van der Waals surface area contributed by atoms with E-state index in [2.05, 4.69) is 15.7 Å². The molecule has 1 atom stereocenters. The molecular weight excluding hydrogens is 491 g/mol. The Morgan fingerprint density at radius 1 is 1.22 bits per heavy atom. The van der Waals surface area contributed by atoms with Crippen LogP contribution in [0.2, 0.25) is 10.0 Å². The number of hydrazine groups is 1.